The molecule has 1 atom stereocenters. The van der Waals surface area contributed by atoms with Gasteiger partial charge in [-0.3, -0.25) is 4.55 Å². The summed E-state index contributed by atoms with van der Waals surface area (Å²) in [4.78, 5) is -0.0741. The minimum atomic E-state index is -4.00. The molecule has 1 aromatic carbocycles. The van der Waals surface area contributed by atoms with Gasteiger partial charge in [0.2, 0.25) is 0 Å². The summed E-state index contributed by atoms with van der Waals surface area (Å²) >= 11 is 0. The van der Waals surface area contributed by atoms with Crippen molar-refractivity contribution >= 4 is 30.1 Å². The molecule has 20 heavy (non-hydrogen) atoms. The summed E-state index contributed by atoms with van der Waals surface area (Å²) in [5, 5.41) is 0. The number of hydrogen-bond donors (Lipinski definition) is 1. The summed E-state index contributed by atoms with van der Waals surface area (Å²) in [5.41, 5.74) is 0. The second-order valence-corrected chi connectivity index (χ2v) is 6.70. The van der Waals surface area contributed by atoms with E-state index >= 15 is 0 Å². The van der Waals surface area contributed by atoms with Crippen molar-refractivity contribution in [1.82, 2.24) is 0 Å². The van der Waals surface area contributed by atoms with Crippen LogP contribution < -0.4 is 0 Å². The van der Waals surface area contributed by atoms with Crippen LogP contribution in [0, 0.1) is 0 Å². The zero-order valence-corrected chi connectivity index (χ0v) is 14.3. The predicted molar refractivity (Wildman–Crippen MR) is 81.4 cm³/mol. The van der Waals surface area contributed by atoms with Crippen molar-refractivity contribution in [2.45, 2.75) is 31.1 Å². The van der Waals surface area contributed by atoms with Crippen LogP contribution in [0.5, 0.6) is 0 Å². The molecule has 0 aliphatic rings. The van der Waals surface area contributed by atoms with Crippen molar-refractivity contribution in [2.75, 3.05) is 5.75 Å². The molecule has 1 N–H and O–H groups in total. The van der Waals surface area contributed by atoms with Gasteiger partial charge in [-0.25, -0.2) is 0 Å². The summed E-state index contributed by atoms with van der Waals surface area (Å²) in [6.07, 6.45) is 2.26. The highest BCUT2D eigenvalue weighted by Gasteiger charge is 2.05. The molecular formula is C11H20O6PS2. The Balaban J connectivity index is 0. The first-order valence-corrected chi connectivity index (χ1v) is 8.64. The van der Waals surface area contributed by atoms with Crippen molar-refractivity contribution in [1.29, 1.82) is 0 Å². The van der Waals surface area contributed by atoms with Crippen LogP contribution in [-0.4, -0.2) is 27.1 Å². The van der Waals surface area contributed by atoms with Gasteiger partial charge in [0.25, 0.3) is 20.2 Å². The topological polar surface area (TPSA) is 108 Å². The van der Waals surface area contributed by atoms with Gasteiger partial charge in [-0.05, 0) is 18.6 Å². The standard InChI is InChI=1S/C6H6O3S.C5H11O3S.H3P/c7-10(8,9)6-4-2-1-3-5-6;1-2-3-4-5-9(6,7)8;/h1-5H,(H,7,8,9);2-5H2,1H3;1H3. The van der Waals surface area contributed by atoms with E-state index in [4.69, 9.17) is 4.55 Å². The van der Waals surface area contributed by atoms with Gasteiger partial charge in [0.05, 0.1) is 10.6 Å². The van der Waals surface area contributed by atoms with Crippen LogP contribution in [0.4, 0.5) is 0 Å². The molecule has 0 amide bonds. The van der Waals surface area contributed by atoms with E-state index in [-0.39, 0.29) is 20.5 Å². The quantitative estimate of drug-likeness (QED) is 0.499. The van der Waals surface area contributed by atoms with Gasteiger partial charge in [0, 0.05) is 0 Å². The summed E-state index contributed by atoms with van der Waals surface area (Å²) < 4.78 is 59.1. The highest BCUT2D eigenvalue weighted by molar-refractivity contribution is 7.86. The molecule has 0 aliphatic carbocycles. The van der Waals surface area contributed by atoms with Crippen LogP contribution in [0.2, 0.25) is 0 Å². The average Bonchev–Trinajstić information content (AvgIpc) is 2.29. The Hall–Kier alpha value is -0.530. The highest BCUT2D eigenvalue weighted by Crippen LogP contribution is 2.05. The SMILES string of the molecule is CCCCCS([O])(=O)=O.O=S(=O)(O)c1ccccc1.P. The molecule has 1 aromatic rings. The fourth-order valence-corrected chi connectivity index (χ4v) is 2.18. The van der Waals surface area contributed by atoms with Crippen molar-refractivity contribution in [3.05, 3.63) is 30.3 Å². The van der Waals surface area contributed by atoms with Crippen molar-refractivity contribution in [2.24, 2.45) is 0 Å². The van der Waals surface area contributed by atoms with Crippen molar-refractivity contribution < 1.29 is 25.9 Å². The molecule has 6 nitrogen and oxygen atoms in total. The summed E-state index contributed by atoms with van der Waals surface area (Å²) in [7, 11) is -7.95. The Morgan fingerprint density at radius 2 is 1.50 bits per heavy atom. The normalized spacial score (nSPS) is 10.9. The average molecular weight is 343 g/mol. The van der Waals surface area contributed by atoms with Crippen LogP contribution in [0.3, 0.4) is 0 Å². The fourth-order valence-electron chi connectivity index (χ4n) is 1.12. The van der Waals surface area contributed by atoms with Gasteiger partial charge in [-0.2, -0.15) is 26.7 Å². The molecule has 117 valence electrons. The first-order chi connectivity index (χ1) is 8.67. The van der Waals surface area contributed by atoms with E-state index in [0.29, 0.717) is 6.42 Å². The lowest BCUT2D eigenvalue weighted by Gasteiger charge is -1.92. The van der Waals surface area contributed by atoms with Crippen LogP contribution >= 0.6 is 9.90 Å². The zero-order chi connectivity index (χ0) is 14.9. The molecular weight excluding hydrogens is 323 g/mol. The van der Waals surface area contributed by atoms with Gasteiger partial charge in [0.15, 0.2) is 0 Å². The number of unbranched alkanes of at least 4 members (excludes halogenated alkanes) is 2. The van der Waals surface area contributed by atoms with E-state index in [9.17, 15) is 21.4 Å². The van der Waals surface area contributed by atoms with Crippen LogP contribution in [0.15, 0.2) is 35.2 Å². The molecule has 1 rings (SSSR count). The molecule has 0 saturated heterocycles. The third kappa shape index (κ3) is 12.5. The summed E-state index contributed by atoms with van der Waals surface area (Å²) in [6.45, 7) is 1.96. The molecule has 1 radical (unpaired) electrons. The molecule has 9 heteroatoms. The smallest absolute Gasteiger partial charge is 0.282 e. The molecule has 0 bridgehead atoms. The highest BCUT2D eigenvalue weighted by atomic mass is 32.2. The summed E-state index contributed by atoms with van der Waals surface area (Å²) in [6, 6.07) is 7.42. The predicted octanol–water partition coefficient (Wildman–Crippen LogP) is 1.93. The van der Waals surface area contributed by atoms with E-state index in [1.54, 1.807) is 18.2 Å². The van der Waals surface area contributed by atoms with Crippen LogP contribution in [0.25, 0.3) is 0 Å². The third-order valence-electron chi connectivity index (χ3n) is 2.04. The molecule has 1 unspecified atom stereocenters. The van der Waals surface area contributed by atoms with E-state index in [1.807, 2.05) is 6.92 Å². The monoisotopic (exact) mass is 343 g/mol. The Morgan fingerprint density at radius 1 is 1.00 bits per heavy atom. The van der Waals surface area contributed by atoms with Gasteiger partial charge >= 0.3 is 0 Å². The lowest BCUT2D eigenvalue weighted by Crippen LogP contribution is -2.01. The zero-order valence-electron chi connectivity index (χ0n) is 11.2. The van der Waals surface area contributed by atoms with Crippen LogP contribution in [0.1, 0.15) is 26.2 Å². The van der Waals surface area contributed by atoms with Crippen LogP contribution in [-0.2, 0) is 24.8 Å². The largest absolute Gasteiger partial charge is 0.294 e. The van der Waals surface area contributed by atoms with Gasteiger partial charge in [0.1, 0.15) is 0 Å². The lowest BCUT2D eigenvalue weighted by molar-refractivity contribution is 0.412. The molecule has 0 aliphatic heterocycles. The Labute approximate surface area is 123 Å². The van der Waals surface area contributed by atoms with E-state index in [0.717, 1.165) is 12.8 Å². The van der Waals surface area contributed by atoms with Crippen molar-refractivity contribution in [3.8, 4) is 0 Å². The Morgan fingerprint density at radius 3 is 1.80 bits per heavy atom. The number of benzene rings is 1. The first-order valence-electron chi connectivity index (χ1n) is 5.63. The van der Waals surface area contributed by atoms with Gasteiger partial charge in [-0.1, -0.05) is 42.5 Å². The number of hydrogen-bond acceptors (Lipinski definition) is 4. The second kappa shape index (κ2) is 10.2. The molecule has 0 fully saturated rings. The fraction of sp³-hybridized carbons (Fsp3) is 0.455. The lowest BCUT2D eigenvalue weighted by atomic mass is 10.3. The minimum absolute atomic E-state index is 0. The van der Waals surface area contributed by atoms with Gasteiger partial charge in [-0.15, -0.1) is 0 Å². The van der Waals surface area contributed by atoms with E-state index in [2.05, 4.69) is 0 Å². The van der Waals surface area contributed by atoms with E-state index in [1.165, 1.54) is 12.1 Å². The summed E-state index contributed by atoms with van der Waals surface area (Å²) in [5.74, 6) is -0.208. The first kappa shape index (κ1) is 21.8. The number of rotatable bonds is 5. The Kier molecular flexibility index (Phi) is 11.1. The maximum Gasteiger partial charge on any atom is 0.294 e. The molecule has 0 spiro atoms. The maximum atomic E-state index is 10.4. The molecule has 0 saturated carbocycles. The third-order valence-corrected chi connectivity index (χ3v) is 3.70. The van der Waals surface area contributed by atoms with E-state index < -0.39 is 20.2 Å². The molecule has 0 aromatic heterocycles. The van der Waals surface area contributed by atoms with Crippen molar-refractivity contribution in [3.63, 3.8) is 0 Å². The van der Waals surface area contributed by atoms with Gasteiger partial charge < -0.3 is 0 Å². The molecule has 0 heterocycles. The minimum Gasteiger partial charge on any atom is -0.282 e. The Bertz CT molecular complexity index is 554. The maximum absolute atomic E-state index is 10.4. The second-order valence-electron chi connectivity index (χ2n) is 3.76.